The lowest BCUT2D eigenvalue weighted by molar-refractivity contribution is -0.571. The van der Waals surface area contributed by atoms with E-state index >= 15 is 0 Å². The molecule has 0 atom stereocenters. The van der Waals surface area contributed by atoms with Crippen molar-refractivity contribution in [3.8, 4) is 62.1 Å². The maximum absolute atomic E-state index is 14.0. The third-order valence-electron chi connectivity index (χ3n) is 12.2. The Morgan fingerprint density at radius 1 is 0.535 bits per heavy atom. The number of rotatable bonds is 8. The summed E-state index contributed by atoms with van der Waals surface area (Å²) in [5, 5.41) is 1.10. The monoisotopic (exact) mass is 958 g/mol. The minimum Gasteiger partial charge on any atom is -0.458 e. The van der Waals surface area contributed by atoms with E-state index < -0.39 is 83.9 Å². The van der Waals surface area contributed by atoms with Gasteiger partial charge in [0.1, 0.15) is 17.3 Å². The number of fused-ring (bicyclic) bond motifs is 4. The Kier molecular flexibility index (Phi) is 8.43. The van der Waals surface area contributed by atoms with Crippen LogP contribution in [-0.4, -0.2) is 14.1 Å². The van der Waals surface area contributed by atoms with Gasteiger partial charge in [-0.3, -0.25) is 13.7 Å². The van der Waals surface area contributed by atoms with E-state index in [1.807, 2.05) is 37.5 Å². The average Bonchev–Trinajstić information content (AvgIpc) is 3.16. The van der Waals surface area contributed by atoms with Gasteiger partial charge >= 0.3 is 12.4 Å². The Morgan fingerprint density at radius 2 is 1.18 bits per heavy atom. The maximum atomic E-state index is 14.0. The van der Waals surface area contributed by atoms with Crippen LogP contribution in [0.1, 0.15) is 51.2 Å². The van der Waals surface area contributed by atoms with Crippen molar-refractivity contribution in [2.45, 2.75) is 38.5 Å². The summed E-state index contributed by atoms with van der Waals surface area (Å²) >= 11 is 0. The van der Waals surface area contributed by atoms with E-state index in [4.69, 9.17) is 23.4 Å². The lowest BCUT2D eigenvalue weighted by atomic mass is 9.88. The predicted molar refractivity (Wildman–Crippen MR) is 267 cm³/mol. The second-order valence-corrected chi connectivity index (χ2v) is 17.8. The molecule has 0 spiro atoms. The van der Waals surface area contributed by atoms with Crippen LogP contribution in [0.2, 0.25) is 0 Å². The molecule has 0 saturated heterocycles. The smallest absolute Gasteiger partial charge is 0.416 e. The van der Waals surface area contributed by atoms with E-state index in [1.54, 1.807) is 94.2 Å². The zero-order chi connectivity index (χ0) is 57.9. The van der Waals surface area contributed by atoms with Crippen molar-refractivity contribution in [2.24, 2.45) is 0 Å². The van der Waals surface area contributed by atoms with Crippen molar-refractivity contribution >= 4 is 32.8 Å². The topological polar surface area (TPSA) is 35.9 Å². The number of halogens is 6. The van der Waals surface area contributed by atoms with Crippen molar-refractivity contribution in [3.63, 3.8) is 0 Å². The van der Waals surface area contributed by atoms with E-state index in [0.29, 0.717) is 68.0 Å². The van der Waals surface area contributed by atoms with Crippen LogP contribution in [0.15, 0.2) is 200 Å². The molecule has 11 rings (SSSR count). The van der Waals surface area contributed by atoms with Gasteiger partial charge in [-0.1, -0.05) is 136 Å². The van der Waals surface area contributed by atoms with Crippen molar-refractivity contribution < 1.29 is 49.4 Å². The van der Waals surface area contributed by atoms with E-state index in [0.717, 1.165) is 5.56 Å². The first kappa shape index (κ1) is 34.8. The van der Waals surface area contributed by atoms with E-state index in [-0.39, 0.29) is 50.5 Å². The van der Waals surface area contributed by atoms with Crippen LogP contribution in [0.25, 0.3) is 83.4 Å². The lowest BCUT2D eigenvalue weighted by Gasteiger charge is -2.20. The minimum atomic E-state index is -5.05. The van der Waals surface area contributed by atoms with E-state index in [9.17, 15) is 26.3 Å². The van der Waals surface area contributed by atoms with Crippen LogP contribution in [0, 0.1) is 6.33 Å². The van der Waals surface area contributed by atoms with Crippen molar-refractivity contribution in [1.29, 1.82) is 0 Å². The second kappa shape index (κ2) is 17.2. The van der Waals surface area contributed by atoms with Gasteiger partial charge in [-0.25, -0.2) is 4.98 Å². The number of alkyl halides is 6. The number of hydrogen-bond donors (Lipinski definition) is 0. The van der Waals surface area contributed by atoms with Crippen molar-refractivity contribution in [1.82, 2.24) is 14.1 Å². The quantitative estimate of drug-likeness (QED) is 0.0864. The molecule has 11 heteroatoms. The maximum Gasteiger partial charge on any atom is 0.416 e. The fraction of sp³-hybridized carbons (Fsp3) is 0.100. The zero-order valence-electron chi connectivity index (χ0n) is 47.7. The zero-order valence-corrected chi connectivity index (χ0v) is 37.7. The van der Waals surface area contributed by atoms with Gasteiger partial charge in [0.15, 0.2) is 0 Å². The number of benzene rings is 8. The summed E-state index contributed by atoms with van der Waals surface area (Å²) in [5.41, 5.74) is -0.00398. The molecular formula is C60H42F6N4O. The molecule has 8 aromatic carbocycles. The van der Waals surface area contributed by atoms with E-state index in [1.165, 1.54) is 24.3 Å². The number of nitrogens with zero attached hydrogens (tertiary/aromatic N) is 4. The summed E-state index contributed by atoms with van der Waals surface area (Å²) in [7, 11) is 0. The summed E-state index contributed by atoms with van der Waals surface area (Å²) in [5.74, 6) is 1.14. The molecule has 3 heterocycles. The molecule has 11 aromatic rings. The summed E-state index contributed by atoms with van der Waals surface area (Å²) in [6.07, 6.45) is -5.09. The fourth-order valence-corrected chi connectivity index (χ4v) is 8.82. The van der Waals surface area contributed by atoms with Gasteiger partial charge in [-0.15, -0.1) is 0 Å². The summed E-state index contributed by atoms with van der Waals surface area (Å²) in [6, 6.07) is 27.8. The molecule has 0 unspecified atom stereocenters. The first-order valence-corrected chi connectivity index (χ1v) is 22.1. The minimum absolute atomic E-state index is 0.0770. The fourth-order valence-electron chi connectivity index (χ4n) is 8.82. The second-order valence-electron chi connectivity index (χ2n) is 17.8. The number of ether oxygens (including phenoxy) is 1. The van der Waals surface area contributed by atoms with Crippen molar-refractivity contribution in [2.75, 3.05) is 0 Å². The summed E-state index contributed by atoms with van der Waals surface area (Å²) < 4.78 is 183. The molecule has 0 aliphatic heterocycles. The molecule has 3 aromatic heterocycles. The first-order valence-electron chi connectivity index (χ1n) is 27.1. The highest BCUT2D eigenvalue weighted by atomic mass is 19.4. The van der Waals surface area contributed by atoms with Gasteiger partial charge in [-0.05, 0) is 117 Å². The Balaban J connectivity index is 1.07. The van der Waals surface area contributed by atoms with Crippen LogP contribution in [0.5, 0.6) is 11.5 Å². The molecule has 350 valence electrons. The largest absolute Gasteiger partial charge is 0.458 e. The standard InChI is InChI=1S/C60H42F6N4O/c1-58(2,3)42-28-29-67-56(34-42)70-52-27-24-40(41-30-43(59(61,62)63)33-44(31-41)60(64,65)66)32-51(52)50-26-25-47(36-55(50)70)71-46-19-12-18-45(35-46)68-37-69(54-23-11-10-22-53(54)68)57-48(38-14-6-4-7-15-38)20-13-21-49(57)39-16-8-5-9-17-39/h4-36H,1-3H3/i4D,5D,6D,7D,8D,9D,14D,15D,16D,17D. The summed E-state index contributed by atoms with van der Waals surface area (Å²) in [4.78, 5) is 4.72. The molecule has 0 fully saturated rings. The highest BCUT2D eigenvalue weighted by molar-refractivity contribution is 6.10. The SMILES string of the molecule is [2H]c1c([2H])c([2H])c(-c2cccc(-c3c([2H])c([2H])c([2H])c([2H])c3[2H])c2-[n+]2[c-]n(-c3cccc(Oc4ccc5c6cc(-c7cc(C(F)(F)F)cc(C(F)(F)F)c7)ccc6n(-c6cc(C(C)(C)C)ccn6)c5c4)c3)c3ccccc32)c([2H])c1[2H]. The van der Waals surface area contributed by atoms with Gasteiger partial charge in [0.25, 0.3) is 6.33 Å². The van der Waals surface area contributed by atoms with Crippen LogP contribution < -0.4 is 9.30 Å². The molecule has 5 nitrogen and oxygen atoms in total. The Morgan fingerprint density at radius 3 is 1.85 bits per heavy atom. The first-order chi connectivity index (χ1) is 38.2. The van der Waals surface area contributed by atoms with Crippen LogP contribution in [0.3, 0.4) is 0 Å². The summed E-state index contributed by atoms with van der Waals surface area (Å²) in [6.45, 7) is 6.11. The highest BCUT2D eigenvalue weighted by Crippen LogP contribution is 2.42. The van der Waals surface area contributed by atoms with Crippen LogP contribution in [-0.2, 0) is 17.8 Å². The molecule has 71 heavy (non-hydrogen) atoms. The molecular weight excluding hydrogens is 907 g/mol. The molecule has 0 N–H and O–H groups in total. The predicted octanol–water partition coefficient (Wildman–Crippen LogP) is 16.3. The van der Waals surface area contributed by atoms with Gasteiger partial charge in [0.05, 0.1) is 58.3 Å². The Labute approximate surface area is 419 Å². The number of hydrogen-bond acceptors (Lipinski definition) is 2. The Hall–Kier alpha value is -8.44. The lowest BCUT2D eigenvalue weighted by Crippen LogP contribution is -2.31. The molecule has 0 radical (unpaired) electrons. The molecule has 0 saturated carbocycles. The van der Waals surface area contributed by atoms with Crippen LogP contribution in [0.4, 0.5) is 26.3 Å². The Bertz CT molecular complexity index is 4260. The average molecular weight is 959 g/mol. The third kappa shape index (κ3) is 8.47. The number of pyridine rings is 1. The molecule has 0 aliphatic rings. The highest BCUT2D eigenvalue weighted by Gasteiger charge is 2.37. The van der Waals surface area contributed by atoms with Crippen LogP contribution >= 0.6 is 0 Å². The van der Waals surface area contributed by atoms with Gasteiger partial charge in [-0.2, -0.15) is 26.3 Å². The van der Waals surface area contributed by atoms with E-state index in [2.05, 4.69) is 6.33 Å². The normalized spacial score (nSPS) is 14.3. The van der Waals surface area contributed by atoms with Gasteiger partial charge < -0.3 is 4.74 Å². The molecule has 0 aliphatic carbocycles. The van der Waals surface area contributed by atoms with Gasteiger partial charge in [0.2, 0.25) is 0 Å². The number of para-hydroxylation sites is 3. The van der Waals surface area contributed by atoms with Gasteiger partial charge in [0, 0.05) is 23.0 Å². The molecule has 0 amide bonds. The number of imidazole rings is 1. The number of aromatic nitrogens is 4. The molecule has 0 bridgehead atoms. The van der Waals surface area contributed by atoms with Crippen molar-refractivity contribution in [3.05, 3.63) is 223 Å². The third-order valence-corrected chi connectivity index (χ3v) is 12.2.